The van der Waals surface area contributed by atoms with Gasteiger partial charge in [-0.05, 0) is 89.6 Å². The number of amides is 4. The Labute approximate surface area is 340 Å². The van der Waals surface area contributed by atoms with Crippen molar-refractivity contribution in [3.63, 3.8) is 0 Å². The second kappa shape index (κ2) is 16.9. The quantitative estimate of drug-likeness (QED) is 0.254. The highest BCUT2D eigenvalue weighted by Gasteiger charge is 2.45. The number of fused-ring (bicyclic) bond motifs is 2. The summed E-state index contributed by atoms with van der Waals surface area (Å²) >= 11 is 0. The molecule has 1 unspecified atom stereocenters. The second-order valence-corrected chi connectivity index (χ2v) is 16.4. The molecule has 5 aliphatic rings. The number of likely N-dealkylation sites (N-methyl/N-ethyl adjacent to an activating group) is 1. The van der Waals surface area contributed by atoms with Crippen LogP contribution >= 0.6 is 0 Å². The highest BCUT2D eigenvalue weighted by atomic mass is 16.5. The fraction of sp³-hybridized carbons (Fsp3) is 0.512. The van der Waals surface area contributed by atoms with E-state index in [1.807, 2.05) is 26.0 Å². The first-order valence-electron chi connectivity index (χ1n) is 20.7. The van der Waals surface area contributed by atoms with Gasteiger partial charge in [-0.15, -0.1) is 0 Å². The molecule has 0 bridgehead atoms. The molecule has 8 rings (SSSR count). The first-order chi connectivity index (χ1) is 28.0. The van der Waals surface area contributed by atoms with Gasteiger partial charge in [0.1, 0.15) is 23.9 Å². The van der Waals surface area contributed by atoms with Crippen LogP contribution in [0.5, 0.6) is 5.75 Å². The van der Waals surface area contributed by atoms with Gasteiger partial charge in [-0.1, -0.05) is 6.07 Å². The third-order valence-corrected chi connectivity index (χ3v) is 12.0. The van der Waals surface area contributed by atoms with Gasteiger partial charge in [0.25, 0.3) is 11.8 Å². The van der Waals surface area contributed by atoms with Crippen LogP contribution in [0.2, 0.25) is 0 Å². The predicted octanol–water partition coefficient (Wildman–Crippen LogP) is 2.67. The van der Waals surface area contributed by atoms with Crippen LogP contribution in [0.4, 0.5) is 11.5 Å². The van der Waals surface area contributed by atoms with Gasteiger partial charge >= 0.3 is 0 Å². The van der Waals surface area contributed by atoms with Gasteiger partial charge < -0.3 is 19.4 Å². The molecule has 58 heavy (non-hydrogen) atoms. The summed E-state index contributed by atoms with van der Waals surface area (Å²) in [4.78, 5) is 77.7. The highest BCUT2D eigenvalue weighted by Crippen LogP contribution is 2.32. The van der Waals surface area contributed by atoms with Crippen LogP contribution in [0.25, 0.3) is 0 Å². The first kappa shape index (κ1) is 39.6. The van der Waals surface area contributed by atoms with E-state index in [1.54, 1.807) is 18.5 Å². The van der Waals surface area contributed by atoms with Crippen molar-refractivity contribution in [3.8, 4) is 5.75 Å². The fourth-order valence-electron chi connectivity index (χ4n) is 8.77. The average Bonchev–Trinajstić information content (AvgIpc) is 3.74. The fourth-order valence-corrected chi connectivity index (χ4v) is 8.77. The van der Waals surface area contributed by atoms with Gasteiger partial charge in [0.2, 0.25) is 11.8 Å². The summed E-state index contributed by atoms with van der Waals surface area (Å²) < 4.78 is 5.96. The number of aliphatic imine (C=N–C) groups is 1. The van der Waals surface area contributed by atoms with E-state index in [1.165, 1.54) is 5.56 Å². The Balaban J connectivity index is 0.755. The van der Waals surface area contributed by atoms with E-state index < -0.39 is 23.8 Å². The lowest BCUT2D eigenvalue weighted by atomic mass is 10.0. The molecule has 3 saturated heterocycles. The molecule has 306 valence electrons. The topological polar surface area (TPSA) is 147 Å². The summed E-state index contributed by atoms with van der Waals surface area (Å²) in [6.45, 7) is 17.4. The summed E-state index contributed by atoms with van der Waals surface area (Å²) in [5, 5.41) is 2.25. The normalized spacial score (nSPS) is 21.6. The van der Waals surface area contributed by atoms with Crippen molar-refractivity contribution in [2.45, 2.75) is 64.8 Å². The second-order valence-electron chi connectivity index (χ2n) is 16.4. The van der Waals surface area contributed by atoms with Gasteiger partial charge in [0.05, 0.1) is 35.2 Å². The standard InChI is InChI=1S/C43H54N10O5/c1-28(2)58-32-8-6-30-25-44-40(34(30)23-32)36-24-38(46-27-45-36)52-21-20-50(29(3)26-52)17-14-48(4)12-5-13-49-15-18-51(19-16-49)31-7-9-33-35(22-31)43(57)53(42(33)56)37-10-11-39(54)47-41(37)55/h6-9,22-24,27-29,37H,5,10-21,25-26H2,1-4H3,(H,47,54,55)/t29-,37?/m0/s1. The van der Waals surface area contributed by atoms with E-state index in [0.29, 0.717) is 23.7 Å². The van der Waals surface area contributed by atoms with Crippen molar-refractivity contribution in [2.75, 3.05) is 88.8 Å². The highest BCUT2D eigenvalue weighted by molar-refractivity contribution is 6.23. The number of aromatic nitrogens is 2. The molecule has 6 heterocycles. The zero-order valence-electron chi connectivity index (χ0n) is 34.0. The SMILES string of the molecule is CC(C)Oc1ccc2c(c1)C(c1cc(N3CCN(CCN(C)CCCN4CCN(c5ccc6c(c5)C(=O)N(C5CCC(=O)NC5=O)C6=O)CC4)[C@@H](C)C3)ncn1)=NC2. The van der Waals surface area contributed by atoms with Gasteiger partial charge in [-0.25, -0.2) is 9.97 Å². The maximum Gasteiger partial charge on any atom is 0.262 e. The Kier molecular flexibility index (Phi) is 11.5. The van der Waals surface area contributed by atoms with Crippen molar-refractivity contribution in [3.05, 3.63) is 76.7 Å². The monoisotopic (exact) mass is 790 g/mol. The van der Waals surface area contributed by atoms with Gasteiger partial charge in [-0.2, -0.15) is 0 Å². The summed E-state index contributed by atoms with van der Waals surface area (Å²) in [5.41, 5.74) is 5.56. The molecule has 3 fully saturated rings. The molecular weight excluding hydrogens is 737 g/mol. The van der Waals surface area contributed by atoms with E-state index >= 15 is 0 Å². The number of carbonyl (C=O) groups excluding carboxylic acids is 4. The van der Waals surface area contributed by atoms with Gasteiger partial charge in [-0.3, -0.25) is 44.2 Å². The van der Waals surface area contributed by atoms with Crippen molar-refractivity contribution in [1.82, 2.24) is 34.9 Å². The molecule has 2 aromatic carbocycles. The molecule has 0 saturated carbocycles. The summed E-state index contributed by atoms with van der Waals surface area (Å²) in [6, 6.07) is 13.1. The summed E-state index contributed by atoms with van der Waals surface area (Å²) in [7, 11) is 2.21. The zero-order chi connectivity index (χ0) is 40.5. The Morgan fingerprint density at radius 2 is 1.66 bits per heavy atom. The van der Waals surface area contributed by atoms with Gasteiger partial charge in [0, 0.05) is 88.7 Å². The average molecular weight is 791 g/mol. The number of piperidine rings is 1. The Morgan fingerprint density at radius 3 is 2.43 bits per heavy atom. The number of nitrogens with zero attached hydrogens (tertiary/aromatic N) is 9. The minimum Gasteiger partial charge on any atom is -0.491 e. The van der Waals surface area contributed by atoms with E-state index in [9.17, 15) is 19.2 Å². The van der Waals surface area contributed by atoms with E-state index in [4.69, 9.17) is 9.73 Å². The first-order valence-corrected chi connectivity index (χ1v) is 20.7. The van der Waals surface area contributed by atoms with E-state index in [2.05, 4.69) is 72.0 Å². The van der Waals surface area contributed by atoms with Crippen molar-refractivity contribution < 1.29 is 23.9 Å². The molecular formula is C43H54N10O5. The van der Waals surface area contributed by atoms with Crippen molar-refractivity contribution in [2.24, 2.45) is 4.99 Å². The molecule has 15 nitrogen and oxygen atoms in total. The molecule has 4 amide bonds. The Morgan fingerprint density at radius 1 is 0.862 bits per heavy atom. The number of anilines is 2. The maximum absolute atomic E-state index is 13.3. The number of piperazine rings is 2. The lowest BCUT2D eigenvalue weighted by molar-refractivity contribution is -0.136. The lowest BCUT2D eigenvalue weighted by Gasteiger charge is -2.41. The Hall–Kier alpha value is -5.25. The van der Waals surface area contributed by atoms with Crippen LogP contribution in [0, 0.1) is 0 Å². The minimum atomic E-state index is -0.959. The van der Waals surface area contributed by atoms with Crippen molar-refractivity contribution in [1.29, 1.82) is 0 Å². The van der Waals surface area contributed by atoms with Crippen LogP contribution in [-0.4, -0.2) is 156 Å². The van der Waals surface area contributed by atoms with Crippen LogP contribution in [0.1, 0.15) is 77.6 Å². The summed E-state index contributed by atoms with van der Waals surface area (Å²) in [6.07, 6.45) is 3.10. The predicted molar refractivity (Wildman–Crippen MR) is 221 cm³/mol. The maximum atomic E-state index is 13.3. The number of carbonyl (C=O) groups is 4. The number of ether oxygens (including phenoxy) is 1. The largest absolute Gasteiger partial charge is 0.491 e. The van der Waals surface area contributed by atoms with Gasteiger partial charge in [0.15, 0.2) is 0 Å². The van der Waals surface area contributed by atoms with Crippen LogP contribution in [-0.2, 0) is 16.1 Å². The number of imide groups is 2. The third-order valence-electron chi connectivity index (χ3n) is 12.0. The van der Waals surface area contributed by atoms with E-state index in [-0.39, 0.29) is 24.9 Å². The lowest BCUT2D eigenvalue weighted by Crippen LogP contribution is -2.54. The molecule has 1 aromatic heterocycles. The van der Waals surface area contributed by atoms with Crippen LogP contribution < -0.4 is 19.9 Å². The number of hydrogen-bond donors (Lipinski definition) is 1. The molecule has 0 radical (unpaired) electrons. The molecule has 15 heteroatoms. The third kappa shape index (κ3) is 8.34. The number of hydrogen-bond acceptors (Lipinski definition) is 13. The zero-order valence-corrected chi connectivity index (χ0v) is 34.0. The summed E-state index contributed by atoms with van der Waals surface area (Å²) in [5.74, 6) is -0.134. The molecule has 0 spiro atoms. The molecule has 2 atom stereocenters. The van der Waals surface area contributed by atoms with Crippen LogP contribution in [0.15, 0.2) is 53.8 Å². The number of nitrogens with one attached hydrogen (secondary N) is 1. The number of rotatable bonds is 13. The molecule has 0 aliphatic carbocycles. The van der Waals surface area contributed by atoms with Crippen LogP contribution in [0.3, 0.4) is 0 Å². The minimum absolute atomic E-state index is 0.103. The van der Waals surface area contributed by atoms with Crippen molar-refractivity contribution >= 4 is 40.8 Å². The smallest absolute Gasteiger partial charge is 0.262 e. The molecule has 1 N–H and O–H groups in total. The van der Waals surface area contributed by atoms with E-state index in [0.717, 1.165) is 118 Å². The molecule has 5 aliphatic heterocycles. The molecule has 3 aromatic rings. The number of benzene rings is 2. The Bertz CT molecular complexity index is 2100.